The average molecular weight is 419 g/mol. The Morgan fingerprint density at radius 1 is 1.22 bits per heavy atom. The molecule has 27 heavy (non-hydrogen) atoms. The summed E-state index contributed by atoms with van der Waals surface area (Å²) in [6, 6.07) is 4.63. The fraction of sp³-hybridized carbons (Fsp3) is 0.684. The van der Waals surface area contributed by atoms with Crippen LogP contribution in [0.3, 0.4) is 0 Å². The first-order valence-electron chi connectivity index (χ1n) is 9.46. The van der Waals surface area contributed by atoms with Gasteiger partial charge >= 0.3 is 0 Å². The van der Waals surface area contributed by atoms with Gasteiger partial charge in [0.05, 0.1) is 5.92 Å². The van der Waals surface area contributed by atoms with Gasteiger partial charge in [0.1, 0.15) is 0 Å². The molecule has 0 aliphatic carbocycles. The zero-order valence-electron chi connectivity index (χ0n) is 15.7. The molecule has 0 unspecified atom stereocenters. The van der Waals surface area contributed by atoms with E-state index in [4.69, 9.17) is 10.5 Å². The Kier molecular flexibility index (Phi) is 11.2. The number of carbonyl (C=O) groups is 1. The number of nitrogens with zero attached hydrogens (tertiary/aromatic N) is 2. The quantitative estimate of drug-likeness (QED) is 0.761. The summed E-state index contributed by atoms with van der Waals surface area (Å²) >= 11 is 0. The maximum Gasteiger partial charge on any atom is 0.224 e. The molecule has 3 rings (SSSR count). The molecule has 2 fully saturated rings. The van der Waals surface area contributed by atoms with Gasteiger partial charge in [0.2, 0.25) is 5.91 Å². The van der Waals surface area contributed by atoms with Crippen LogP contribution in [0.5, 0.6) is 0 Å². The first-order valence-corrected chi connectivity index (χ1v) is 9.46. The van der Waals surface area contributed by atoms with Crippen molar-refractivity contribution < 1.29 is 9.53 Å². The highest BCUT2D eigenvalue weighted by atomic mass is 35.5. The largest absolute Gasteiger partial charge is 0.381 e. The van der Waals surface area contributed by atoms with Gasteiger partial charge in [0, 0.05) is 57.3 Å². The van der Waals surface area contributed by atoms with Crippen molar-refractivity contribution in [2.45, 2.75) is 44.2 Å². The third-order valence-electron chi connectivity index (χ3n) is 5.32. The highest BCUT2D eigenvalue weighted by molar-refractivity contribution is 5.85. The van der Waals surface area contributed by atoms with Crippen molar-refractivity contribution in [1.82, 2.24) is 15.2 Å². The summed E-state index contributed by atoms with van der Waals surface area (Å²) in [6.45, 7) is 4.00. The van der Waals surface area contributed by atoms with E-state index >= 15 is 0 Å². The molecule has 0 radical (unpaired) electrons. The van der Waals surface area contributed by atoms with Crippen LogP contribution in [0.4, 0.5) is 0 Å². The highest BCUT2D eigenvalue weighted by Crippen LogP contribution is 2.22. The molecule has 3 N–H and O–H groups in total. The number of nitrogens with two attached hydrogens (primary N) is 1. The number of likely N-dealkylation sites (tertiary alicyclic amines) is 1. The fourth-order valence-electron chi connectivity index (χ4n) is 3.84. The van der Waals surface area contributed by atoms with E-state index in [1.165, 1.54) is 0 Å². The van der Waals surface area contributed by atoms with Crippen LogP contribution in [0, 0.1) is 5.92 Å². The molecule has 0 bridgehead atoms. The number of hydrogen-bond acceptors (Lipinski definition) is 5. The third-order valence-corrected chi connectivity index (χ3v) is 5.32. The van der Waals surface area contributed by atoms with Crippen LogP contribution >= 0.6 is 24.8 Å². The minimum absolute atomic E-state index is 0. The molecular weight excluding hydrogens is 387 g/mol. The molecule has 0 saturated carbocycles. The maximum absolute atomic E-state index is 12.7. The summed E-state index contributed by atoms with van der Waals surface area (Å²) in [5.41, 5.74) is 7.41. The van der Waals surface area contributed by atoms with E-state index in [1.807, 2.05) is 18.3 Å². The lowest BCUT2D eigenvalue weighted by atomic mass is 10.0. The smallest absolute Gasteiger partial charge is 0.224 e. The van der Waals surface area contributed by atoms with Crippen LogP contribution in [0.25, 0.3) is 0 Å². The van der Waals surface area contributed by atoms with Crippen molar-refractivity contribution >= 4 is 30.7 Å². The van der Waals surface area contributed by atoms with Gasteiger partial charge in [0.15, 0.2) is 0 Å². The van der Waals surface area contributed by atoms with E-state index in [1.54, 1.807) is 6.20 Å². The number of amides is 1. The minimum atomic E-state index is 0. The molecule has 1 aromatic heterocycles. The number of pyridine rings is 1. The first kappa shape index (κ1) is 24.1. The van der Waals surface area contributed by atoms with Crippen LogP contribution in [-0.2, 0) is 16.0 Å². The van der Waals surface area contributed by atoms with Gasteiger partial charge in [-0.2, -0.15) is 0 Å². The Balaban J connectivity index is 0.00000182. The van der Waals surface area contributed by atoms with Gasteiger partial charge < -0.3 is 15.8 Å². The maximum atomic E-state index is 12.7. The van der Waals surface area contributed by atoms with Crippen LogP contribution in [0.2, 0.25) is 0 Å². The van der Waals surface area contributed by atoms with Crippen molar-refractivity contribution in [3.05, 3.63) is 30.1 Å². The molecule has 0 spiro atoms. The standard InChI is InChI=1S/C19H30N4O2.2ClH/c20-17-4-3-16(13-23(14-17)18-6-10-25-11-7-18)19(24)22-9-5-15-2-1-8-21-12-15;;/h1-2,8,12,16-18H,3-7,9-11,13-14,20H2,(H,22,24);2*1H/t16-,17+;;/m1../s1. The van der Waals surface area contributed by atoms with E-state index in [9.17, 15) is 4.79 Å². The van der Waals surface area contributed by atoms with Gasteiger partial charge in [-0.05, 0) is 43.7 Å². The molecule has 3 heterocycles. The Labute approximate surface area is 174 Å². The van der Waals surface area contributed by atoms with Crippen molar-refractivity contribution in [3.63, 3.8) is 0 Å². The third kappa shape index (κ3) is 7.54. The van der Waals surface area contributed by atoms with Crippen molar-refractivity contribution in [1.29, 1.82) is 0 Å². The highest BCUT2D eigenvalue weighted by Gasteiger charge is 2.31. The number of rotatable bonds is 5. The predicted octanol–water partition coefficient (Wildman–Crippen LogP) is 1.80. The summed E-state index contributed by atoms with van der Waals surface area (Å²) in [5.74, 6) is 0.195. The van der Waals surface area contributed by atoms with E-state index in [0.29, 0.717) is 12.6 Å². The van der Waals surface area contributed by atoms with Gasteiger partial charge in [-0.25, -0.2) is 0 Å². The summed E-state index contributed by atoms with van der Waals surface area (Å²) in [4.78, 5) is 19.2. The van der Waals surface area contributed by atoms with Gasteiger partial charge in [0.25, 0.3) is 0 Å². The molecule has 2 atom stereocenters. The number of nitrogens with one attached hydrogen (secondary N) is 1. The molecule has 2 aliphatic rings. The van der Waals surface area contributed by atoms with Crippen molar-refractivity contribution in [2.24, 2.45) is 11.7 Å². The number of halogens is 2. The van der Waals surface area contributed by atoms with Crippen LogP contribution in [0.15, 0.2) is 24.5 Å². The molecule has 6 nitrogen and oxygen atoms in total. The average Bonchev–Trinajstić information content (AvgIpc) is 2.85. The van der Waals surface area contributed by atoms with Crippen molar-refractivity contribution in [2.75, 3.05) is 32.8 Å². The lowest BCUT2D eigenvalue weighted by Gasteiger charge is -2.35. The number of aromatic nitrogens is 1. The molecule has 2 saturated heterocycles. The molecule has 1 amide bonds. The predicted molar refractivity (Wildman–Crippen MR) is 112 cm³/mol. The van der Waals surface area contributed by atoms with Crippen LogP contribution in [0.1, 0.15) is 31.2 Å². The molecule has 0 aromatic carbocycles. The molecule has 2 aliphatic heterocycles. The normalized spacial score (nSPS) is 24.2. The lowest BCUT2D eigenvalue weighted by Crippen LogP contribution is -2.47. The zero-order chi connectivity index (χ0) is 17.5. The van der Waals surface area contributed by atoms with E-state index < -0.39 is 0 Å². The summed E-state index contributed by atoms with van der Waals surface area (Å²) in [7, 11) is 0. The molecule has 8 heteroatoms. The summed E-state index contributed by atoms with van der Waals surface area (Å²) in [5, 5.41) is 3.11. The summed E-state index contributed by atoms with van der Waals surface area (Å²) < 4.78 is 5.48. The second-order valence-electron chi connectivity index (χ2n) is 7.23. The first-order chi connectivity index (χ1) is 12.2. The topological polar surface area (TPSA) is 80.5 Å². The van der Waals surface area contributed by atoms with E-state index in [0.717, 1.165) is 64.0 Å². The fourth-order valence-corrected chi connectivity index (χ4v) is 3.84. The van der Waals surface area contributed by atoms with E-state index in [2.05, 4.69) is 15.2 Å². The Hall–Kier alpha value is -0.920. The Bertz CT molecular complexity index is 544. The second kappa shape index (κ2) is 12.5. The number of carbonyl (C=O) groups excluding carboxylic acids is 1. The Morgan fingerprint density at radius 2 is 2.00 bits per heavy atom. The van der Waals surface area contributed by atoms with Gasteiger partial charge in [-0.3, -0.25) is 14.7 Å². The van der Waals surface area contributed by atoms with Crippen LogP contribution < -0.4 is 11.1 Å². The molecule has 154 valence electrons. The molecular formula is C19H32Cl2N4O2. The van der Waals surface area contributed by atoms with Crippen molar-refractivity contribution in [3.8, 4) is 0 Å². The second-order valence-corrected chi connectivity index (χ2v) is 7.23. The SMILES string of the molecule is Cl.Cl.N[C@H]1CC[C@@H](C(=O)NCCc2cccnc2)CN(C2CCOCC2)C1. The van der Waals surface area contributed by atoms with Crippen LogP contribution in [-0.4, -0.2) is 60.7 Å². The summed E-state index contributed by atoms with van der Waals surface area (Å²) in [6.07, 6.45) is 8.31. The van der Waals surface area contributed by atoms with E-state index in [-0.39, 0.29) is 42.7 Å². The minimum Gasteiger partial charge on any atom is -0.381 e. The number of hydrogen-bond donors (Lipinski definition) is 2. The molecule has 1 aromatic rings. The monoisotopic (exact) mass is 418 g/mol. The lowest BCUT2D eigenvalue weighted by molar-refractivity contribution is -0.125. The number of ether oxygens (including phenoxy) is 1. The zero-order valence-corrected chi connectivity index (χ0v) is 17.4. The van der Waals surface area contributed by atoms with Gasteiger partial charge in [-0.15, -0.1) is 24.8 Å². The van der Waals surface area contributed by atoms with Gasteiger partial charge in [-0.1, -0.05) is 6.07 Å². The Morgan fingerprint density at radius 3 is 2.70 bits per heavy atom.